The van der Waals surface area contributed by atoms with Crippen molar-refractivity contribution in [3.05, 3.63) is 64.3 Å². The van der Waals surface area contributed by atoms with Crippen LogP contribution in [0.1, 0.15) is 30.9 Å². The van der Waals surface area contributed by atoms with Gasteiger partial charge in [-0.1, -0.05) is 24.6 Å². The maximum atomic E-state index is 14.0. The van der Waals surface area contributed by atoms with E-state index in [0.29, 0.717) is 13.0 Å². The molecule has 0 radical (unpaired) electrons. The second-order valence-corrected chi connectivity index (χ2v) is 8.35. The van der Waals surface area contributed by atoms with Crippen molar-refractivity contribution >= 4 is 29.4 Å². The van der Waals surface area contributed by atoms with E-state index in [-0.39, 0.29) is 12.2 Å². The number of benzene rings is 1. The maximum Gasteiger partial charge on any atom is 0.335 e. The molecule has 0 atom stereocenters. The molecule has 0 N–H and O–H groups in total. The molecule has 2 aliphatic heterocycles. The van der Waals surface area contributed by atoms with Crippen molar-refractivity contribution in [2.24, 2.45) is 0 Å². The van der Waals surface area contributed by atoms with Gasteiger partial charge in [-0.3, -0.25) is 0 Å². The van der Waals surface area contributed by atoms with Crippen molar-refractivity contribution in [1.82, 2.24) is 4.90 Å². The lowest BCUT2D eigenvalue weighted by Gasteiger charge is -2.42. The summed E-state index contributed by atoms with van der Waals surface area (Å²) in [5.74, 6) is -3.01. The van der Waals surface area contributed by atoms with Crippen LogP contribution in [0.15, 0.2) is 47.4 Å². The third kappa shape index (κ3) is 4.08. The molecule has 1 spiro atoms. The summed E-state index contributed by atoms with van der Waals surface area (Å²) in [4.78, 5) is 26.7. The number of likely N-dealkylation sites (tertiary alicyclic amines) is 1. The van der Waals surface area contributed by atoms with Crippen LogP contribution in [0.2, 0.25) is 0 Å². The van der Waals surface area contributed by atoms with Gasteiger partial charge in [-0.2, -0.15) is 0 Å². The van der Waals surface area contributed by atoms with Gasteiger partial charge in [0.15, 0.2) is 0 Å². The molecular formula is C23H22FNO4S. The van der Waals surface area contributed by atoms with Crippen LogP contribution in [0.3, 0.4) is 0 Å². The van der Waals surface area contributed by atoms with Crippen molar-refractivity contribution < 1.29 is 23.5 Å². The van der Waals surface area contributed by atoms with Gasteiger partial charge in [0.25, 0.3) is 0 Å². The van der Waals surface area contributed by atoms with Gasteiger partial charge in [0.2, 0.25) is 0 Å². The first kappa shape index (κ1) is 20.5. The standard InChI is InChI=1S/C23H22FNO4S/c1-3-15-11-20(30-14-15)19-12-18(24)5-4-17(19)10-16-8-9-25(2)23(13-16)28-21(26)6-7-22(27)29-23/h4-7,10-12,14H,3,8-9,13H2,1-2H3/b16-10+. The Labute approximate surface area is 178 Å². The van der Waals surface area contributed by atoms with Crippen molar-refractivity contribution in [2.45, 2.75) is 32.1 Å². The molecule has 4 rings (SSSR count). The molecule has 0 bridgehead atoms. The number of piperidine rings is 1. The molecule has 1 aromatic heterocycles. The third-order valence-corrected chi connectivity index (χ3v) is 6.39. The molecule has 156 valence electrons. The summed E-state index contributed by atoms with van der Waals surface area (Å²) in [5.41, 5.74) is 3.85. The van der Waals surface area contributed by atoms with E-state index in [0.717, 1.165) is 40.2 Å². The first-order valence-electron chi connectivity index (χ1n) is 9.80. The molecule has 2 aromatic rings. The molecule has 1 saturated heterocycles. The molecule has 0 amide bonds. The van der Waals surface area contributed by atoms with Crippen LogP contribution in [-0.4, -0.2) is 36.3 Å². The Morgan fingerprint density at radius 2 is 1.93 bits per heavy atom. The van der Waals surface area contributed by atoms with E-state index in [4.69, 9.17) is 9.47 Å². The predicted molar refractivity (Wildman–Crippen MR) is 113 cm³/mol. The lowest BCUT2D eigenvalue weighted by molar-refractivity contribution is -0.281. The number of hydrogen-bond acceptors (Lipinski definition) is 6. The van der Waals surface area contributed by atoms with Crippen LogP contribution in [0.25, 0.3) is 16.5 Å². The second kappa shape index (κ2) is 8.16. The zero-order chi connectivity index (χ0) is 21.3. The number of carbonyl (C=O) groups excluding carboxylic acids is 2. The van der Waals surface area contributed by atoms with E-state index in [2.05, 4.69) is 18.4 Å². The van der Waals surface area contributed by atoms with E-state index in [1.807, 2.05) is 6.08 Å². The van der Waals surface area contributed by atoms with Crippen molar-refractivity contribution in [3.63, 3.8) is 0 Å². The largest absolute Gasteiger partial charge is 0.405 e. The van der Waals surface area contributed by atoms with Crippen molar-refractivity contribution in [2.75, 3.05) is 13.6 Å². The SMILES string of the molecule is CCc1csc(-c2cc(F)ccc2/C=C2\CCN(C)C3(C2)OC(=O)C=CC(=O)O3)c1. The number of nitrogens with zero attached hydrogens (tertiary/aromatic N) is 1. The minimum atomic E-state index is -1.47. The van der Waals surface area contributed by atoms with Gasteiger partial charge in [-0.05, 0) is 54.6 Å². The number of thiophene rings is 1. The number of ether oxygens (including phenoxy) is 2. The van der Waals surface area contributed by atoms with E-state index in [1.54, 1.807) is 29.4 Å². The van der Waals surface area contributed by atoms with Gasteiger partial charge in [0.1, 0.15) is 5.82 Å². The van der Waals surface area contributed by atoms with E-state index < -0.39 is 17.8 Å². The molecule has 7 heteroatoms. The molecule has 5 nitrogen and oxygen atoms in total. The van der Waals surface area contributed by atoms with Crippen LogP contribution in [0, 0.1) is 5.82 Å². The van der Waals surface area contributed by atoms with Crippen LogP contribution in [-0.2, 0) is 25.5 Å². The van der Waals surface area contributed by atoms with E-state index in [1.165, 1.54) is 17.7 Å². The number of halogens is 1. The smallest absolute Gasteiger partial charge is 0.335 e. The number of esters is 2. The summed E-state index contributed by atoms with van der Waals surface area (Å²) in [7, 11) is 1.75. The van der Waals surface area contributed by atoms with Gasteiger partial charge < -0.3 is 9.47 Å². The van der Waals surface area contributed by atoms with Gasteiger partial charge in [-0.25, -0.2) is 18.9 Å². The zero-order valence-electron chi connectivity index (χ0n) is 16.8. The molecular weight excluding hydrogens is 405 g/mol. The summed E-state index contributed by atoms with van der Waals surface area (Å²) in [6, 6.07) is 6.81. The molecule has 2 aliphatic rings. The summed E-state index contributed by atoms with van der Waals surface area (Å²) in [5, 5.41) is 2.08. The van der Waals surface area contributed by atoms with Gasteiger partial charge in [0.05, 0.1) is 6.42 Å². The lowest BCUT2D eigenvalue weighted by Crippen LogP contribution is -2.55. The molecule has 0 unspecified atom stereocenters. The highest BCUT2D eigenvalue weighted by atomic mass is 32.1. The average Bonchev–Trinajstić information content (AvgIpc) is 3.14. The van der Waals surface area contributed by atoms with Crippen molar-refractivity contribution in [1.29, 1.82) is 0 Å². The Kier molecular flexibility index (Phi) is 5.58. The lowest BCUT2D eigenvalue weighted by atomic mass is 9.95. The number of hydrogen-bond donors (Lipinski definition) is 0. The predicted octanol–water partition coefficient (Wildman–Crippen LogP) is 4.54. The molecule has 0 aliphatic carbocycles. The van der Waals surface area contributed by atoms with Crippen LogP contribution in [0.5, 0.6) is 0 Å². The maximum absolute atomic E-state index is 14.0. The van der Waals surface area contributed by atoms with Gasteiger partial charge >= 0.3 is 17.8 Å². The molecule has 1 aromatic carbocycles. The minimum absolute atomic E-state index is 0.226. The highest BCUT2D eigenvalue weighted by Gasteiger charge is 2.46. The molecule has 0 saturated carbocycles. The summed E-state index contributed by atoms with van der Waals surface area (Å²) in [6.45, 7) is 2.63. The fraction of sp³-hybridized carbons (Fsp3) is 0.304. The highest BCUT2D eigenvalue weighted by Crippen LogP contribution is 2.37. The van der Waals surface area contributed by atoms with Crippen molar-refractivity contribution in [3.8, 4) is 10.4 Å². The Hall–Kier alpha value is -2.77. The topological polar surface area (TPSA) is 55.8 Å². The summed E-state index contributed by atoms with van der Waals surface area (Å²) in [6.07, 6.45) is 5.98. The second-order valence-electron chi connectivity index (χ2n) is 7.44. The summed E-state index contributed by atoms with van der Waals surface area (Å²) >= 11 is 1.59. The Morgan fingerprint density at radius 3 is 2.60 bits per heavy atom. The van der Waals surface area contributed by atoms with Gasteiger partial charge in [-0.15, -0.1) is 11.3 Å². The van der Waals surface area contributed by atoms with E-state index >= 15 is 0 Å². The Morgan fingerprint density at radius 1 is 1.20 bits per heavy atom. The normalized spacial score (nSPS) is 20.3. The van der Waals surface area contributed by atoms with Gasteiger partial charge in [0, 0.05) is 29.1 Å². The first-order chi connectivity index (χ1) is 14.4. The quantitative estimate of drug-likeness (QED) is 0.674. The Balaban J connectivity index is 1.70. The zero-order valence-corrected chi connectivity index (χ0v) is 17.6. The van der Waals surface area contributed by atoms with Crippen LogP contribution >= 0.6 is 11.3 Å². The summed E-state index contributed by atoms with van der Waals surface area (Å²) < 4.78 is 25.0. The number of rotatable bonds is 3. The number of aryl methyl sites for hydroxylation is 1. The molecule has 3 heterocycles. The van der Waals surface area contributed by atoms with E-state index in [9.17, 15) is 14.0 Å². The first-order valence-corrected chi connectivity index (χ1v) is 10.7. The van der Waals surface area contributed by atoms with Crippen LogP contribution in [0.4, 0.5) is 4.39 Å². The van der Waals surface area contributed by atoms with Crippen LogP contribution < -0.4 is 0 Å². The fourth-order valence-corrected chi connectivity index (χ4v) is 4.71. The third-order valence-electron chi connectivity index (χ3n) is 5.38. The molecule has 30 heavy (non-hydrogen) atoms. The minimum Gasteiger partial charge on any atom is -0.405 e. The molecule has 1 fully saturated rings. The highest BCUT2D eigenvalue weighted by molar-refractivity contribution is 7.13. The average molecular weight is 427 g/mol. The fourth-order valence-electron chi connectivity index (χ4n) is 3.67. The Bertz CT molecular complexity index is 1040. The number of carbonyl (C=O) groups is 2. The monoisotopic (exact) mass is 427 g/mol.